The van der Waals surface area contributed by atoms with Crippen molar-refractivity contribution < 1.29 is 19.1 Å². The fourth-order valence-electron chi connectivity index (χ4n) is 1.16. The van der Waals surface area contributed by atoms with Crippen LogP contribution in [0.5, 0.6) is 0 Å². The summed E-state index contributed by atoms with van der Waals surface area (Å²) in [6.07, 6.45) is -0.0477. The smallest absolute Gasteiger partial charge is 0.333 e. The number of rotatable bonds is 7. The molecule has 5 nitrogen and oxygen atoms in total. The summed E-state index contributed by atoms with van der Waals surface area (Å²) in [5.74, 6) is -1.22. The molecule has 0 saturated carbocycles. The van der Waals surface area contributed by atoms with E-state index >= 15 is 0 Å². The van der Waals surface area contributed by atoms with E-state index < -0.39 is 11.9 Å². The van der Waals surface area contributed by atoms with E-state index in [1.54, 1.807) is 25.7 Å². The zero-order valence-electron chi connectivity index (χ0n) is 11.9. The SMILES string of the molecule is C=C(CC(C)C(=O)OC(C)N(C)C)C(=O)OCC. The highest BCUT2D eigenvalue weighted by Crippen LogP contribution is 2.14. The van der Waals surface area contributed by atoms with E-state index in [1.807, 2.05) is 14.1 Å². The summed E-state index contributed by atoms with van der Waals surface area (Å²) >= 11 is 0. The first-order chi connectivity index (χ1) is 8.29. The van der Waals surface area contributed by atoms with E-state index in [4.69, 9.17) is 9.47 Å². The number of nitrogens with zero attached hydrogens (tertiary/aromatic N) is 1. The first kappa shape index (κ1) is 16.6. The van der Waals surface area contributed by atoms with E-state index in [0.717, 1.165) is 0 Å². The third kappa shape index (κ3) is 5.82. The van der Waals surface area contributed by atoms with E-state index in [-0.39, 0.29) is 18.6 Å². The standard InChI is InChI=1S/C13H23NO4/c1-7-17-12(15)9(2)8-10(3)13(16)18-11(4)14(5)6/h10-11H,2,7-8H2,1,3-6H3. The van der Waals surface area contributed by atoms with Crippen molar-refractivity contribution >= 4 is 11.9 Å². The lowest BCUT2D eigenvalue weighted by molar-refractivity contribution is -0.159. The molecule has 5 heteroatoms. The summed E-state index contributed by atoms with van der Waals surface area (Å²) in [7, 11) is 3.64. The molecule has 0 saturated heterocycles. The quantitative estimate of drug-likeness (QED) is 0.394. The topological polar surface area (TPSA) is 55.8 Å². The Kier molecular flexibility index (Phi) is 7.27. The third-order valence-electron chi connectivity index (χ3n) is 2.53. The molecule has 0 bridgehead atoms. The van der Waals surface area contributed by atoms with Crippen molar-refractivity contribution in [2.75, 3.05) is 20.7 Å². The molecule has 0 radical (unpaired) electrons. The Morgan fingerprint density at radius 2 is 1.83 bits per heavy atom. The molecule has 0 aromatic carbocycles. The average Bonchev–Trinajstić information content (AvgIpc) is 2.28. The van der Waals surface area contributed by atoms with Gasteiger partial charge in [-0.05, 0) is 34.4 Å². The zero-order chi connectivity index (χ0) is 14.3. The van der Waals surface area contributed by atoms with Crippen LogP contribution in [0.3, 0.4) is 0 Å². The molecule has 0 aromatic heterocycles. The number of hydrogen-bond donors (Lipinski definition) is 0. The molecule has 0 heterocycles. The Morgan fingerprint density at radius 1 is 1.28 bits per heavy atom. The van der Waals surface area contributed by atoms with Gasteiger partial charge in [-0.3, -0.25) is 9.69 Å². The van der Waals surface area contributed by atoms with Gasteiger partial charge in [-0.15, -0.1) is 0 Å². The van der Waals surface area contributed by atoms with Crippen LogP contribution in [0.2, 0.25) is 0 Å². The molecule has 0 rings (SSSR count). The van der Waals surface area contributed by atoms with Crippen molar-refractivity contribution in [2.45, 2.75) is 33.4 Å². The van der Waals surface area contributed by atoms with Gasteiger partial charge in [0.2, 0.25) is 0 Å². The maximum absolute atomic E-state index is 11.7. The molecular formula is C13H23NO4. The third-order valence-corrected chi connectivity index (χ3v) is 2.53. The highest BCUT2D eigenvalue weighted by atomic mass is 16.6. The monoisotopic (exact) mass is 257 g/mol. The second-order valence-electron chi connectivity index (χ2n) is 4.43. The minimum atomic E-state index is -0.460. The average molecular weight is 257 g/mol. The number of carbonyl (C=O) groups excluding carboxylic acids is 2. The minimum absolute atomic E-state index is 0.248. The Hall–Kier alpha value is -1.36. The Balaban J connectivity index is 4.24. The van der Waals surface area contributed by atoms with Gasteiger partial charge >= 0.3 is 11.9 Å². The van der Waals surface area contributed by atoms with Crippen molar-refractivity contribution in [3.63, 3.8) is 0 Å². The lowest BCUT2D eigenvalue weighted by Gasteiger charge is -2.22. The maximum Gasteiger partial charge on any atom is 0.333 e. The van der Waals surface area contributed by atoms with Crippen LogP contribution < -0.4 is 0 Å². The Labute approximate surface area is 109 Å². The molecule has 0 fully saturated rings. The van der Waals surface area contributed by atoms with Crippen molar-refractivity contribution in [3.8, 4) is 0 Å². The van der Waals surface area contributed by atoms with Crippen LogP contribution in [-0.4, -0.2) is 43.8 Å². The summed E-state index contributed by atoms with van der Waals surface area (Å²) in [5.41, 5.74) is 0.291. The van der Waals surface area contributed by atoms with Crippen molar-refractivity contribution in [1.29, 1.82) is 0 Å². The van der Waals surface area contributed by atoms with Gasteiger partial charge in [0.25, 0.3) is 0 Å². The number of ether oxygens (including phenoxy) is 2. The van der Waals surface area contributed by atoms with Crippen molar-refractivity contribution in [2.24, 2.45) is 5.92 Å². The first-order valence-electron chi connectivity index (χ1n) is 6.01. The molecule has 0 aliphatic heterocycles. The van der Waals surface area contributed by atoms with Gasteiger partial charge in [-0.1, -0.05) is 13.5 Å². The Morgan fingerprint density at radius 3 is 2.28 bits per heavy atom. The largest absolute Gasteiger partial charge is 0.463 e. The molecule has 0 aromatic rings. The molecule has 0 aliphatic rings. The van der Waals surface area contributed by atoms with E-state index in [2.05, 4.69) is 6.58 Å². The molecule has 104 valence electrons. The summed E-state index contributed by atoms with van der Waals surface area (Å²) in [6, 6.07) is 0. The van der Waals surface area contributed by atoms with E-state index in [0.29, 0.717) is 12.2 Å². The van der Waals surface area contributed by atoms with Crippen LogP contribution >= 0.6 is 0 Å². The fraction of sp³-hybridized carbons (Fsp3) is 0.692. The summed E-state index contributed by atoms with van der Waals surface area (Å²) in [5, 5.41) is 0. The minimum Gasteiger partial charge on any atom is -0.463 e. The van der Waals surface area contributed by atoms with E-state index in [1.165, 1.54) is 0 Å². The maximum atomic E-state index is 11.7. The predicted octanol–water partition coefficient (Wildman–Crippen LogP) is 1.58. The van der Waals surface area contributed by atoms with Gasteiger partial charge in [0, 0.05) is 5.57 Å². The molecule has 2 atom stereocenters. The van der Waals surface area contributed by atoms with Crippen LogP contribution in [0.4, 0.5) is 0 Å². The second-order valence-corrected chi connectivity index (χ2v) is 4.43. The van der Waals surface area contributed by atoms with Gasteiger partial charge in [-0.25, -0.2) is 4.79 Å². The van der Waals surface area contributed by atoms with Crippen molar-refractivity contribution in [1.82, 2.24) is 4.90 Å². The molecule has 0 N–H and O–H groups in total. The van der Waals surface area contributed by atoms with Gasteiger partial charge in [0.15, 0.2) is 6.23 Å². The van der Waals surface area contributed by atoms with Crippen LogP contribution in [-0.2, 0) is 19.1 Å². The summed E-state index contributed by atoms with van der Waals surface area (Å²) in [6.45, 7) is 9.13. The van der Waals surface area contributed by atoms with Crippen molar-refractivity contribution in [3.05, 3.63) is 12.2 Å². The van der Waals surface area contributed by atoms with Crippen LogP contribution in [0.15, 0.2) is 12.2 Å². The zero-order valence-corrected chi connectivity index (χ0v) is 11.9. The number of carbonyl (C=O) groups is 2. The predicted molar refractivity (Wildman–Crippen MR) is 68.8 cm³/mol. The molecule has 0 spiro atoms. The summed E-state index contributed by atoms with van der Waals surface area (Å²) < 4.78 is 10.0. The fourth-order valence-corrected chi connectivity index (χ4v) is 1.16. The van der Waals surface area contributed by atoms with Gasteiger partial charge in [-0.2, -0.15) is 0 Å². The molecule has 0 aliphatic carbocycles. The molecular weight excluding hydrogens is 234 g/mol. The highest BCUT2D eigenvalue weighted by Gasteiger charge is 2.21. The summed E-state index contributed by atoms with van der Waals surface area (Å²) in [4.78, 5) is 24.9. The molecule has 2 unspecified atom stereocenters. The van der Waals surface area contributed by atoms with E-state index in [9.17, 15) is 9.59 Å². The van der Waals surface area contributed by atoms with Gasteiger partial charge in [0.05, 0.1) is 12.5 Å². The highest BCUT2D eigenvalue weighted by molar-refractivity contribution is 5.88. The van der Waals surface area contributed by atoms with Crippen LogP contribution in [0, 0.1) is 5.92 Å². The van der Waals surface area contributed by atoms with Gasteiger partial charge in [0.1, 0.15) is 0 Å². The lowest BCUT2D eigenvalue weighted by Crippen LogP contribution is -2.32. The first-order valence-corrected chi connectivity index (χ1v) is 6.01. The number of esters is 2. The van der Waals surface area contributed by atoms with Crippen LogP contribution in [0.25, 0.3) is 0 Å². The lowest BCUT2D eigenvalue weighted by atomic mass is 10.0. The Bertz CT molecular complexity index is 312. The van der Waals surface area contributed by atoms with Gasteiger partial charge < -0.3 is 9.47 Å². The molecule has 18 heavy (non-hydrogen) atoms. The normalized spacial score (nSPS) is 13.9. The molecule has 0 amide bonds. The van der Waals surface area contributed by atoms with Crippen LogP contribution in [0.1, 0.15) is 27.2 Å². The number of hydrogen-bond acceptors (Lipinski definition) is 5. The second kappa shape index (κ2) is 7.87.